The minimum Gasteiger partial charge on any atom is -0.330 e. The molecule has 1 heterocycles. The largest absolute Gasteiger partial charge is 0.330 e. The van der Waals surface area contributed by atoms with Gasteiger partial charge >= 0.3 is 0 Å². The Bertz CT molecular complexity index is 392. The van der Waals surface area contributed by atoms with Crippen LogP contribution < -0.4 is 5.73 Å². The lowest BCUT2D eigenvalue weighted by atomic mass is 9.73. The van der Waals surface area contributed by atoms with Gasteiger partial charge in [-0.05, 0) is 49.5 Å². The molecule has 1 aromatic rings. The average molecular weight is 264 g/mol. The maximum Gasteiger partial charge on any atom is 0.123 e. The first-order chi connectivity index (χ1) is 9.05. The molecule has 0 amide bonds. The van der Waals surface area contributed by atoms with Crippen LogP contribution in [-0.2, 0) is 5.41 Å². The van der Waals surface area contributed by atoms with Crippen LogP contribution in [0.2, 0.25) is 0 Å². The second-order valence-electron chi connectivity index (χ2n) is 6.19. The first kappa shape index (κ1) is 14.5. The van der Waals surface area contributed by atoms with Crippen molar-refractivity contribution in [3.8, 4) is 0 Å². The van der Waals surface area contributed by atoms with Crippen molar-refractivity contribution in [2.75, 3.05) is 26.2 Å². The van der Waals surface area contributed by atoms with E-state index >= 15 is 0 Å². The molecule has 0 atom stereocenters. The van der Waals surface area contributed by atoms with Gasteiger partial charge in [0.05, 0.1) is 0 Å². The number of nitrogens with zero attached hydrogens (tertiary/aromatic N) is 1. The average Bonchev–Trinajstić information content (AvgIpc) is 2.40. The zero-order valence-corrected chi connectivity index (χ0v) is 12.0. The number of rotatable bonds is 4. The molecule has 2 N–H and O–H groups in total. The van der Waals surface area contributed by atoms with Gasteiger partial charge in [0.1, 0.15) is 5.82 Å². The lowest BCUT2D eigenvalue weighted by molar-refractivity contribution is 0.148. The van der Waals surface area contributed by atoms with Crippen molar-refractivity contribution in [1.29, 1.82) is 0 Å². The molecule has 1 fully saturated rings. The zero-order chi connectivity index (χ0) is 13.9. The summed E-state index contributed by atoms with van der Waals surface area (Å²) in [5.74, 6) is 0.532. The molecule has 3 heteroatoms. The summed E-state index contributed by atoms with van der Waals surface area (Å²) in [7, 11) is 0. The lowest BCUT2D eigenvalue weighted by Crippen LogP contribution is -2.47. The van der Waals surface area contributed by atoms with E-state index in [1.807, 2.05) is 12.1 Å². The Labute approximate surface area is 115 Å². The third kappa shape index (κ3) is 3.34. The predicted octanol–water partition coefficient (Wildman–Crippen LogP) is 2.77. The highest BCUT2D eigenvalue weighted by atomic mass is 19.1. The highest BCUT2D eigenvalue weighted by Gasteiger charge is 2.34. The van der Waals surface area contributed by atoms with E-state index < -0.39 is 0 Å². The van der Waals surface area contributed by atoms with Crippen LogP contribution in [0, 0.1) is 11.7 Å². The smallest absolute Gasteiger partial charge is 0.123 e. The van der Waals surface area contributed by atoms with Gasteiger partial charge in [0.25, 0.3) is 0 Å². The minimum absolute atomic E-state index is 0.0428. The van der Waals surface area contributed by atoms with Crippen molar-refractivity contribution in [2.45, 2.75) is 32.1 Å². The second kappa shape index (κ2) is 6.02. The fourth-order valence-corrected chi connectivity index (χ4v) is 3.09. The van der Waals surface area contributed by atoms with E-state index in [4.69, 9.17) is 5.73 Å². The first-order valence-corrected chi connectivity index (χ1v) is 7.24. The number of nitrogens with two attached hydrogens (primary N) is 1. The standard InChI is InChI=1S/C16H25FN2/c1-13(2)11-19-9-7-16(12-18,8-10-19)14-3-5-15(17)6-4-14/h3-6,13H,7-12,18H2,1-2H3. The van der Waals surface area contributed by atoms with Crippen molar-refractivity contribution < 1.29 is 4.39 Å². The number of likely N-dealkylation sites (tertiary alicyclic amines) is 1. The van der Waals surface area contributed by atoms with Gasteiger partial charge in [-0.1, -0.05) is 26.0 Å². The van der Waals surface area contributed by atoms with E-state index in [0.29, 0.717) is 12.5 Å². The summed E-state index contributed by atoms with van der Waals surface area (Å²) in [4.78, 5) is 2.52. The third-order valence-electron chi connectivity index (χ3n) is 4.28. The van der Waals surface area contributed by atoms with Gasteiger partial charge in [0.2, 0.25) is 0 Å². The summed E-state index contributed by atoms with van der Waals surface area (Å²) >= 11 is 0. The fraction of sp³-hybridized carbons (Fsp3) is 0.625. The van der Waals surface area contributed by atoms with Crippen molar-refractivity contribution in [3.63, 3.8) is 0 Å². The Morgan fingerprint density at radius 2 is 1.79 bits per heavy atom. The maximum absolute atomic E-state index is 13.0. The number of piperidine rings is 1. The number of hydrogen-bond acceptors (Lipinski definition) is 2. The Balaban J connectivity index is 2.07. The van der Waals surface area contributed by atoms with Crippen LogP contribution in [0.5, 0.6) is 0 Å². The topological polar surface area (TPSA) is 29.3 Å². The zero-order valence-electron chi connectivity index (χ0n) is 12.0. The minimum atomic E-state index is -0.173. The molecule has 0 bridgehead atoms. The molecule has 0 aromatic heterocycles. The molecule has 0 spiro atoms. The highest BCUT2D eigenvalue weighted by molar-refractivity contribution is 5.27. The molecule has 0 unspecified atom stereocenters. The number of halogens is 1. The lowest BCUT2D eigenvalue weighted by Gasteiger charge is -2.42. The molecular formula is C16H25FN2. The van der Waals surface area contributed by atoms with Gasteiger partial charge < -0.3 is 10.6 Å². The fourth-order valence-electron chi connectivity index (χ4n) is 3.09. The van der Waals surface area contributed by atoms with Gasteiger partial charge in [-0.3, -0.25) is 0 Å². The Morgan fingerprint density at radius 1 is 1.21 bits per heavy atom. The molecule has 2 rings (SSSR count). The molecule has 19 heavy (non-hydrogen) atoms. The molecule has 106 valence electrons. The second-order valence-corrected chi connectivity index (χ2v) is 6.19. The van der Waals surface area contributed by atoms with Gasteiger partial charge in [-0.2, -0.15) is 0 Å². The van der Waals surface area contributed by atoms with Gasteiger partial charge in [-0.15, -0.1) is 0 Å². The van der Waals surface area contributed by atoms with E-state index in [2.05, 4.69) is 18.7 Å². The van der Waals surface area contributed by atoms with E-state index in [1.165, 1.54) is 5.56 Å². The highest BCUT2D eigenvalue weighted by Crippen LogP contribution is 2.34. The molecule has 0 aliphatic carbocycles. The van der Waals surface area contributed by atoms with Crippen LogP contribution in [0.3, 0.4) is 0 Å². The number of hydrogen-bond donors (Lipinski definition) is 1. The number of benzene rings is 1. The van der Waals surface area contributed by atoms with Crippen LogP contribution in [-0.4, -0.2) is 31.1 Å². The summed E-state index contributed by atoms with van der Waals surface area (Å²) in [6.45, 7) is 8.49. The summed E-state index contributed by atoms with van der Waals surface area (Å²) < 4.78 is 13.0. The summed E-state index contributed by atoms with van der Waals surface area (Å²) in [5.41, 5.74) is 7.28. The molecule has 0 radical (unpaired) electrons. The van der Waals surface area contributed by atoms with E-state index in [9.17, 15) is 4.39 Å². The van der Waals surface area contributed by atoms with E-state index in [0.717, 1.165) is 32.5 Å². The van der Waals surface area contributed by atoms with Crippen molar-refractivity contribution >= 4 is 0 Å². The SMILES string of the molecule is CC(C)CN1CCC(CN)(c2ccc(F)cc2)CC1. The van der Waals surface area contributed by atoms with E-state index in [-0.39, 0.29) is 11.2 Å². The van der Waals surface area contributed by atoms with Crippen molar-refractivity contribution in [2.24, 2.45) is 11.7 Å². The quantitative estimate of drug-likeness (QED) is 0.906. The van der Waals surface area contributed by atoms with Crippen molar-refractivity contribution in [3.05, 3.63) is 35.6 Å². The molecule has 1 aromatic carbocycles. The van der Waals surface area contributed by atoms with E-state index in [1.54, 1.807) is 12.1 Å². The summed E-state index contributed by atoms with van der Waals surface area (Å²) in [6.07, 6.45) is 2.14. The Hall–Kier alpha value is -0.930. The molecule has 1 aliphatic rings. The van der Waals surface area contributed by atoms with Crippen LogP contribution >= 0.6 is 0 Å². The predicted molar refractivity (Wildman–Crippen MR) is 77.6 cm³/mol. The van der Waals surface area contributed by atoms with Crippen LogP contribution in [0.4, 0.5) is 4.39 Å². The maximum atomic E-state index is 13.0. The van der Waals surface area contributed by atoms with Crippen LogP contribution in [0.15, 0.2) is 24.3 Å². The van der Waals surface area contributed by atoms with Crippen molar-refractivity contribution in [1.82, 2.24) is 4.90 Å². The summed E-state index contributed by atoms with van der Waals surface area (Å²) in [5, 5.41) is 0. The first-order valence-electron chi connectivity index (χ1n) is 7.24. The van der Waals surface area contributed by atoms with Crippen LogP contribution in [0.25, 0.3) is 0 Å². The van der Waals surface area contributed by atoms with Gasteiger partial charge in [0.15, 0.2) is 0 Å². The van der Waals surface area contributed by atoms with Gasteiger partial charge in [-0.25, -0.2) is 4.39 Å². The Morgan fingerprint density at radius 3 is 2.26 bits per heavy atom. The molecular weight excluding hydrogens is 239 g/mol. The third-order valence-corrected chi connectivity index (χ3v) is 4.28. The van der Waals surface area contributed by atoms with Gasteiger partial charge in [0, 0.05) is 18.5 Å². The van der Waals surface area contributed by atoms with Crippen LogP contribution in [0.1, 0.15) is 32.3 Å². The molecule has 0 saturated carbocycles. The molecule has 1 aliphatic heterocycles. The summed E-state index contributed by atoms with van der Waals surface area (Å²) in [6, 6.07) is 6.90. The Kier molecular flexibility index (Phi) is 4.58. The normalized spacial score (nSPS) is 19.8. The molecule has 2 nitrogen and oxygen atoms in total. The monoisotopic (exact) mass is 264 g/mol. The molecule has 1 saturated heterocycles.